The Bertz CT molecular complexity index is 394. The quantitative estimate of drug-likeness (QED) is 0.704. The van der Waals surface area contributed by atoms with E-state index in [1.807, 2.05) is 0 Å². The summed E-state index contributed by atoms with van der Waals surface area (Å²) in [6.07, 6.45) is 0. The molecule has 0 saturated carbocycles. The van der Waals surface area contributed by atoms with Gasteiger partial charge in [-0.3, -0.25) is 0 Å². The molecule has 0 aromatic heterocycles. The number of hydrogen-bond acceptors (Lipinski definition) is 2. The van der Waals surface area contributed by atoms with Gasteiger partial charge in [0.1, 0.15) is 6.61 Å². The fourth-order valence-corrected chi connectivity index (χ4v) is 1.68. The minimum atomic E-state index is 0.586. The molecule has 0 radical (unpaired) electrons. The second-order valence-corrected chi connectivity index (χ2v) is 4.58. The Morgan fingerprint density at radius 3 is 2.27 bits per heavy atom. The third kappa shape index (κ3) is 2.78. The molecule has 1 rings (SSSR count). The second-order valence-electron chi connectivity index (χ2n) is 4.01. The highest BCUT2D eigenvalue weighted by Crippen LogP contribution is 2.21. The summed E-state index contributed by atoms with van der Waals surface area (Å²) in [5.41, 5.74) is 6.60. The van der Waals surface area contributed by atoms with Crippen LogP contribution in [0.25, 0.3) is 0 Å². The van der Waals surface area contributed by atoms with Crippen LogP contribution in [0.4, 0.5) is 0 Å². The van der Waals surface area contributed by atoms with Crippen LogP contribution in [0.2, 0.25) is 0 Å². The molecular weight excluding hydrogens is 204 g/mol. The first-order valence-electron chi connectivity index (χ1n) is 5.13. The molecule has 0 unspecified atom stereocenters. The zero-order chi connectivity index (χ0) is 11.6. The largest absolute Gasteiger partial charge is 0.483 e. The van der Waals surface area contributed by atoms with Crippen LogP contribution in [-0.4, -0.2) is 5.05 Å². The lowest BCUT2D eigenvalue weighted by molar-refractivity contribution is 0.297. The van der Waals surface area contributed by atoms with Crippen LogP contribution in [0.5, 0.6) is 0 Å². The maximum Gasteiger partial charge on any atom is 0.157 e. The minimum absolute atomic E-state index is 0.586. The number of rotatable bonds is 2. The van der Waals surface area contributed by atoms with Crippen molar-refractivity contribution in [2.75, 3.05) is 0 Å². The molecule has 0 saturated heterocycles. The van der Waals surface area contributed by atoms with Gasteiger partial charge in [-0.1, -0.05) is 6.07 Å². The Labute approximate surface area is 97.5 Å². The van der Waals surface area contributed by atoms with E-state index in [-0.39, 0.29) is 0 Å². The summed E-state index contributed by atoms with van der Waals surface area (Å²) in [5.74, 6) is 0. The van der Waals surface area contributed by atoms with Gasteiger partial charge in [-0.25, -0.2) is 0 Å². The molecule has 2 heteroatoms. The molecule has 82 valence electrons. The van der Waals surface area contributed by atoms with Crippen molar-refractivity contribution in [3.05, 3.63) is 33.9 Å². The predicted molar refractivity (Wildman–Crippen MR) is 68.5 cm³/mol. The van der Waals surface area contributed by atoms with Crippen LogP contribution in [0.1, 0.15) is 34.7 Å². The smallest absolute Gasteiger partial charge is 0.157 e. The van der Waals surface area contributed by atoms with E-state index in [1.54, 1.807) is 6.92 Å². The highest BCUT2D eigenvalue weighted by atomic mass is 32.1. The van der Waals surface area contributed by atoms with Gasteiger partial charge in [0.2, 0.25) is 0 Å². The van der Waals surface area contributed by atoms with Gasteiger partial charge in [0.05, 0.1) is 0 Å². The SMILES string of the molecule is CC(=S)OCc1cc(C)c(C)c(C)c1C. The van der Waals surface area contributed by atoms with Gasteiger partial charge in [0.15, 0.2) is 5.05 Å². The van der Waals surface area contributed by atoms with Crippen LogP contribution < -0.4 is 0 Å². The van der Waals surface area contributed by atoms with E-state index >= 15 is 0 Å². The van der Waals surface area contributed by atoms with E-state index in [9.17, 15) is 0 Å². The van der Waals surface area contributed by atoms with Gasteiger partial charge in [0, 0.05) is 6.92 Å². The van der Waals surface area contributed by atoms with Crippen molar-refractivity contribution >= 4 is 17.3 Å². The Balaban J connectivity index is 3.04. The van der Waals surface area contributed by atoms with E-state index < -0.39 is 0 Å². The van der Waals surface area contributed by atoms with Gasteiger partial charge in [0.25, 0.3) is 0 Å². The highest BCUT2D eigenvalue weighted by molar-refractivity contribution is 7.80. The normalized spacial score (nSPS) is 10.2. The van der Waals surface area contributed by atoms with Crippen LogP contribution in [0.15, 0.2) is 6.07 Å². The lowest BCUT2D eigenvalue weighted by Gasteiger charge is -2.14. The summed E-state index contributed by atoms with van der Waals surface area (Å²) in [5, 5.41) is 0.602. The monoisotopic (exact) mass is 222 g/mol. The lowest BCUT2D eigenvalue weighted by Crippen LogP contribution is -2.02. The van der Waals surface area contributed by atoms with Gasteiger partial charge in [-0.05, 0) is 67.7 Å². The molecule has 0 heterocycles. The molecule has 1 nitrogen and oxygen atoms in total. The Kier molecular flexibility index (Phi) is 3.86. The first-order chi connectivity index (χ1) is 6.93. The van der Waals surface area contributed by atoms with E-state index in [1.165, 1.54) is 27.8 Å². The fraction of sp³-hybridized carbons (Fsp3) is 0.462. The third-order valence-corrected chi connectivity index (χ3v) is 3.14. The second kappa shape index (κ2) is 4.75. The van der Waals surface area contributed by atoms with Gasteiger partial charge < -0.3 is 4.74 Å². The molecule has 0 fully saturated rings. The number of thiocarbonyl (C=S) groups is 1. The minimum Gasteiger partial charge on any atom is -0.483 e. The van der Waals surface area contributed by atoms with E-state index in [2.05, 4.69) is 33.8 Å². The van der Waals surface area contributed by atoms with E-state index in [0.717, 1.165) is 0 Å². The molecule has 0 amide bonds. The third-order valence-electron chi connectivity index (χ3n) is 3.02. The molecule has 0 atom stereocenters. The molecule has 0 aliphatic heterocycles. The topological polar surface area (TPSA) is 9.23 Å². The number of hydrogen-bond donors (Lipinski definition) is 0. The zero-order valence-electron chi connectivity index (χ0n) is 10.1. The summed E-state index contributed by atoms with van der Waals surface area (Å²) in [4.78, 5) is 0. The number of ether oxygens (including phenoxy) is 1. The summed E-state index contributed by atoms with van der Waals surface area (Å²) in [6.45, 7) is 11.0. The Morgan fingerprint density at radius 2 is 1.73 bits per heavy atom. The molecular formula is C13H18OS. The molecule has 0 bridgehead atoms. The van der Waals surface area contributed by atoms with Crippen LogP contribution in [0.3, 0.4) is 0 Å². The summed E-state index contributed by atoms with van der Waals surface area (Å²) < 4.78 is 5.39. The molecule has 0 aliphatic rings. The van der Waals surface area contributed by atoms with Crippen molar-refractivity contribution in [3.63, 3.8) is 0 Å². The Hall–Kier alpha value is -0.890. The van der Waals surface area contributed by atoms with Crippen molar-refractivity contribution < 1.29 is 4.74 Å². The van der Waals surface area contributed by atoms with Gasteiger partial charge >= 0.3 is 0 Å². The van der Waals surface area contributed by atoms with Crippen molar-refractivity contribution in [2.45, 2.75) is 41.2 Å². The number of benzene rings is 1. The van der Waals surface area contributed by atoms with Crippen LogP contribution in [0, 0.1) is 27.7 Å². The van der Waals surface area contributed by atoms with Crippen molar-refractivity contribution in [2.24, 2.45) is 0 Å². The van der Waals surface area contributed by atoms with Gasteiger partial charge in [-0.2, -0.15) is 0 Å². The predicted octanol–water partition coefficient (Wildman–Crippen LogP) is 3.78. The molecule has 0 N–H and O–H groups in total. The van der Waals surface area contributed by atoms with Crippen LogP contribution >= 0.6 is 12.2 Å². The molecule has 0 spiro atoms. The first-order valence-corrected chi connectivity index (χ1v) is 5.54. The van der Waals surface area contributed by atoms with Crippen molar-refractivity contribution in [1.82, 2.24) is 0 Å². The standard InChI is InChI=1S/C13H18OS/c1-8-6-13(7-14-12(5)15)11(4)10(3)9(8)2/h6H,7H2,1-5H3. The van der Waals surface area contributed by atoms with E-state index in [0.29, 0.717) is 11.7 Å². The number of aryl methyl sites for hydroxylation is 1. The fourth-order valence-electron chi connectivity index (χ4n) is 1.62. The van der Waals surface area contributed by atoms with Gasteiger partial charge in [-0.15, -0.1) is 0 Å². The highest BCUT2D eigenvalue weighted by Gasteiger charge is 2.07. The Morgan fingerprint density at radius 1 is 1.13 bits per heavy atom. The maximum absolute atomic E-state index is 5.39. The summed E-state index contributed by atoms with van der Waals surface area (Å²) in [7, 11) is 0. The molecule has 0 aliphatic carbocycles. The van der Waals surface area contributed by atoms with Crippen molar-refractivity contribution in [3.8, 4) is 0 Å². The molecule has 1 aromatic rings. The summed E-state index contributed by atoms with van der Waals surface area (Å²) in [6, 6.07) is 2.19. The first kappa shape index (κ1) is 12.2. The van der Waals surface area contributed by atoms with Crippen molar-refractivity contribution in [1.29, 1.82) is 0 Å². The molecule has 1 aromatic carbocycles. The van der Waals surface area contributed by atoms with E-state index in [4.69, 9.17) is 17.0 Å². The zero-order valence-corrected chi connectivity index (χ0v) is 10.9. The average molecular weight is 222 g/mol. The lowest BCUT2D eigenvalue weighted by atomic mass is 9.95. The average Bonchev–Trinajstić information content (AvgIpc) is 2.18. The van der Waals surface area contributed by atoms with Crippen LogP contribution in [-0.2, 0) is 11.3 Å². The molecule has 15 heavy (non-hydrogen) atoms. The maximum atomic E-state index is 5.39. The summed E-state index contributed by atoms with van der Waals surface area (Å²) >= 11 is 4.91.